The van der Waals surface area contributed by atoms with Crippen molar-refractivity contribution in [1.29, 1.82) is 0 Å². The number of pyridine rings is 1. The minimum absolute atomic E-state index is 0.361. The number of rotatable bonds is 6. The largest absolute Gasteiger partial charge is 0.497 e. The lowest BCUT2D eigenvalue weighted by molar-refractivity contribution is 0.191. The maximum absolute atomic E-state index is 10.3. The molecule has 130 valence electrons. The molecule has 1 atom stereocenters. The molecule has 0 radical (unpaired) electrons. The Hall–Kier alpha value is -2.86. The number of aryl methyl sites for hydroxylation is 2. The first-order valence-corrected chi connectivity index (χ1v) is 8.12. The Morgan fingerprint density at radius 1 is 1.20 bits per heavy atom. The minimum atomic E-state index is -0.646. The van der Waals surface area contributed by atoms with Gasteiger partial charge in [0.15, 0.2) is 0 Å². The molecule has 6 heteroatoms. The van der Waals surface area contributed by atoms with Gasteiger partial charge in [-0.1, -0.05) is 12.1 Å². The Morgan fingerprint density at radius 2 is 2.04 bits per heavy atom. The summed E-state index contributed by atoms with van der Waals surface area (Å²) in [6.07, 6.45) is 1.12. The van der Waals surface area contributed by atoms with E-state index in [-0.39, 0.29) is 0 Å². The summed E-state index contributed by atoms with van der Waals surface area (Å²) < 4.78 is 7.04. The van der Waals surface area contributed by atoms with Crippen LogP contribution < -0.4 is 10.1 Å². The number of aromatic nitrogens is 3. The van der Waals surface area contributed by atoms with Crippen LogP contribution in [0.5, 0.6) is 5.75 Å². The standard InChI is InChI=1S/C19H22N4O2/c1-13-9-14(2)23(22-13)16-7-8-19(20-11-16)21-12-18(24)15-5-4-6-17(10-15)25-3/h4-11,18,24H,12H2,1-3H3,(H,20,21)/t18-/m1/s1. The molecule has 2 heterocycles. The third-order valence-electron chi connectivity index (χ3n) is 3.96. The van der Waals surface area contributed by atoms with Gasteiger partial charge >= 0.3 is 0 Å². The van der Waals surface area contributed by atoms with Gasteiger partial charge in [0.2, 0.25) is 0 Å². The molecule has 0 saturated carbocycles. The third-order valence-corrected chi connectivity index (χ3v) is 3.96. The van der Waals surface area contributed by atoms with Gasteiger partial charge in [0.1, 0.15) is 11.6 Å². The summed E-state index contributed by atoms with van der Waals surface area (Å²) in [5.74, 6) is 1.43. The maximum Gasteiger partial charge on any atom is 0.126 e. The predicted molar refractivity (Wildman–Crippen MR) is 97.3 cm³/mol. The van der Waals surface area contributed by atoms with Crippen LogP contribution >= 0.6 is 0 Å². The fourth-order valence-corrected chi connectivity index (χ4v) is 2.67. The molecule has 0 fully saturated rings. The fourth-order valence-electron chi connectivity index (χ4n) is 2.67. The smallest absolute Gasteiger partial charge is 0.126 e. The van der Waals surface area contributed by atoms with E-state index >= 15 is 0 Å². The van der Waals surface area contributed by atoms with E-state index in [1.807, 2.05) is 61.0 Å². The number of aliphatic hydroxyl groups is 1. The number of nitrogens with one attached hydrogen (secondary N) is 1. The molecule has 0 saturated heterocycles. The van der Waals surface area contributed by atoms with Crippen LogP contribution in [0.1, 0.15) is 23.1 Å². The van der Waals surface area contributed by atoms with E-state index in [9.17, 15) is 5.11 Å². The van der Waals surface area contributed by atoms with E-state index in [1.165, 1.54) is 0 Å². The first-order chi connectivity index (χ1) is 12.1. The van der Waals surface area contributed by atoms with Crippen molar-refractivity contribution in [2.24, 2.45) is 0 Å². The molecule has 0 aliphatic heterocycles. The predicted octanol–water partition coefficient (Wildman–Crippen LogP) is 3.04. The SMILES string of the molecule is COc1cccc([C@H](O)CNc2ccc(-n3nc(C)cc3C)cn2)c1. The average molecular weight is 338 g/mol. The second-order valence-electron chi connectivity index (χ2n) is 5.91. The van der Waals surface area contributed by atoms with Crippen molar-refractivity contribution in [3.8, 4) is 11.4 Å². The zero-order valence-electron chi connectivity index (χ0n) is 14.6. The maximum atomic E-state index is 10.3. The number of aliphatic hydroxyl groups excluding tert-OH is 1. The fraction of sp³-hybridized carbons (Fsp3) is 0.263. The Kier molecular flexibility index (Phi) is 5.00. The van der Waals surface area contributed by atoms with Crippen LogP contribution in [0.2, 0.25) is 0 Å². The first-order valence-electron chi connectivity index (χ1n) is 8.12. The van der Waals surface area contributed by atoms with Crippen LogP contribution in [0.25, 0.3) is 5.69 Å². The molecule has 2 aromatic heterocycles. The summed E-state index contributed by atoms with van der Waals surface area (Å²) in [5.41, 5.74) is 3.74. The van der Waals surface area contributed by atoms with Gasteiger partial charge in [0, 0.05) is 12.2 Å². The molecule has 0 bridgehead atoms. The highest BCUT2D eigenvalue weighted by molar-refractivity contribution is 5.42. The molecule has 3 aromatic rings. The number of methoxy groups -OCH3 is 1. The Balaban J connectivity index is 1.64. The second-order valence-corrected chi connectivity index (χ2v) is 5.91. The van der Waals surface area contributed by atoms with E-state index in [2.05, 4.69) is 15.4 Å². The lowest BCUT2D eigenvalue weighted by Gasteiger charge is -2.14. The number of hydrogen-bond donors (Lipinski definition) is 2. The molecule has 0 spiro atoms. The third kappa shape index (κ3) is 3.97. The minimum Gasteiger partial charge on any atom is -0.497 e. The Bertz CT molecular complexity index is 843. The monoisotopic (exact) mass is 338 g/mol. The van der Waals surface area contributed by atoms with Gasteiger partial charge in [0.25, 0.3) is 0 Å². The summed E-state index contributed by atoms with van der Waals surface area (Å²) in [6.45, 7) is 4.34. The topological polar surface area (TPSA) is 72.2 Å². The van der Waals surface area contributed by atoms with Gasteiger partial charge in [0.05, 0.1) is 30.8 Å². The van der Waals surface area contributed by atoms with E-state index in [1.54, 1.807) is 13.3 Å². The van der Waals surface area contributed by atoms with E-state index in [4.69, 9.17) is 4.74 Å². The van der Waals surface area contributed by atoms with Crippen molar-refractivity contribution >= 4 is 5.82 Å². The molecular formula is C19H22N4O2. The van der Waals surface area contributed by atoms with Crippen molar-refractivity contribution in [2.75, 3.05) is 19.0 Å². The molecule has 0 aliphatic carbocycles. The van der Waals surface area contributed by atoms with Gasteiger partial charge in [-0.2, -0.15) is 5.10 Å². The number of anilines is 1. The van der Waals surface area contributed by atoms with Crippen LogP contribution in [-0.4, -0.2) is 33.5 Å². The highest BCUT2D eigenvalue weighted by Crippen LogP contribution is 2.20. The van der Waals surface area contributed by atoms with Crippen molar-refractivity contribution in [3.05, 3.63) is 65.6 Å². The number of ether oxygens (including phenoxy) is 1. The number of nitrogens with zero attached hydrogens (tertiary/aromatic N) is 3. The molecule has 3 rings (SSSR count). The summed E-state index contributed by atoms with van der Waals surface area (Å²) in [4.78, 5) is 4.40. The van der Waals surface area contributed by atoms with E-state index in [0.29, 0.717) is 12.4 Å². The van der Waals surface area contributed by atoms with Crippen LogP contribution in [0.4, 0.5) is 5.82 Å². The lowest BCUT2D eigenvalue weighted by Crippen LogP contribution is -2.13. The molecule has 0 unspecified atom stereocenters. The summed E-state index contributed by atoms with van der Waals surface area (Å²) in [5, 5.41) is 17.9. The molecular weight excluding hydrogens is 316 g/mol. The molecule has 2 N–H and O–H groups in total. The number of benzene rings is 1. The highest BCUT2D eigenvalue weighted by atomic mass is 16.5. The lowest BCUT2D eigenvalue weighted by atomic mass is 10.1. The summed E-state index contributed by atoms with van der Waals surface area (Å²) >= 11 is 0. The molecule has 0 aliphatic rings. The van der Waals surface area contributed by atoms with Crippen LogP contribution in [-0.2, 0) is 0 Å². The molecule has 0 amide bonds. The summed E-state index contributed by atoms with van der Waals surface area (Å²) in [6, 6.07) is 13.3. The molecule has 25 heavy (non-hydrogen) atoms. The quantitative estimate of drug-likeness (QED) is 0.723. The van der Waals surface area contributed by atoms with Gasteiger partial charge in [-0.25, -0.2) is 9.67 Å². The van der Waals surface area contributed by atoms with Gasteiger partial charge in [-0.15, -0.1) is 0 Å². The Labute approximate surface area is 147 Å². The highest BCUT2D eigenvalue weighted by Gasteiger charge is 2.09. The first kappa shape index (κ1) is 17.0. The van der Waals surface area contributed by atoms with Gasteiger partial charge < -0.3 is 15.2 Å². The molecule has 1 aromatic carbocycles. The summed E-state index contributed by atoms with van der Waals surface area (Å²) in [7, 11) is 1.61. The zero-order chi connectivity index (χ0) is 17.8. The number of hydrogen-bond acceptors (Lipinski definition) is 5. The van der Waals surface area contributed by atoms with Crippen molar-refractivity contribution < 1.29 is 9.84 Å². The van der Waals surface area contributed by atoms with E-state index < -0.39 is 6.10 Å². The van der Waals surface area contributed by atoms with E-state index in [0.717, 1.165) is 28.4 Å². The van der Waals surface area contributed by atoms with Gasteiger partial charge in [-0.05, 0) is 49.7 Å². The van der Waals surface area contributed by atoms with Crippen molar-refractivity contribution in [2.45, 2.75) is 20.0 Å². The van der Waals surface area contributed by atoms with Crippen molar-refractivity contribution in [1.82, 2.24) is 14.8 Å². The Morgan fingerprint density at radius 3 is 2.68 bits per heavy atom. The van der Waals surface area contributed by atoms with Crippen LogP contribution in [0, 0.1) is 13.8 Å². The van der Waals surface area contributed by atoms with Crippen LogP contribution in [0.3, 0.4) is 0 Å². The average Bonchev–Trinajstić information content (AvgIpc) is 2.98. The van der Waals surface area contributed by atoms with Gasteiger partial charge in [-0.3, -0.25) is 0 Å². The molecule has 6 nitrogen and oxygen atoms in total. The van der Waals surface area contributed by atoms with Crippen molar-refractivity contribution in [3.63, 3.8) is 0 Å². The zero-order valence-corrected chi connectivity index (χ0v) is 14.6. The second kappa shape index (κ2) is 7.36. The van der Waals surface area contributed by atoms with Crippen LogP contribution in [0.15, 0.2) is 48.7 Å². The normalized spacial score (nSPS) is 12.0.